The van der Waals surface area contributed by atoms with E-state index in [0.29, 0.717) is 36.8 Å². The highest BCUT2D eigenvalue weighted by Gasteiger charge is 2.18. The summed E-state index contributed by atoms with van der Waals surface area (Å²) < 4.78 is 10.9. The van der Waals surface area contributed by atoms with Gasteiger partial charge in [0.25, 0.3) is 0 Å². The first-order valence-electron chi connectivity index (χ1n) is 9.05. The van der Waals surface area contributed by atoms with E-state index >= 15 is 0 Å². The van der Waals surface area contributed by atoms with E-state index in [1.54, 1.807) is 23.1 Å². The molecule has 0 radical (unpaired) electrons. The van der Waals surface area contributed by atoms with Crippen LogP contribution in [0.15, 0.2) is 30.4 Å². The largest absolute Gasteiger partial charge is 0.496 e. The van der Waals surface area contributed by atoms with Gasteiger partial charge in [-0.25, -0.2) is 0 Å². The van der Waals surface area contributed by atoms with Gasteiger partial charge in [0.2, 0.25) is 5.91 Å². The number of hydrogen-bond donors (Lipinski definition) is 0. The Hall–Kier alpha value is -2.34. The van der Waals surface area contributed by atoms with Gasteiger partial charge < -0.3 is 19.3 Å². The zero-order chi connectivity index (χ0) is 18.9. The number of benzene rings is 1. The van der Waals surface area contributed by atoms with Crippen molar-refractivity contribution in [2.45, 2.75) is 19.8 Å². The van der Waals surface area contributed by atoms with Gasteiger partial charge in [-0.3, -0.25) is 9.59 Å². The summed E-state index contributed by atoms with van der Waals surface area (Å²) in [6.07, 6.45) is 4.69. The van der Waals surface area contributed by atoms with Gasteiger partial charge in [0, 0.05) is 38.3 Å². The van der Waals surface area contributed by atoms with Gasteiger partial charge in [0.05, 0.1) is 19.3 Å². The molecule has 1 fully saturated rings. The maximum absolute atomic E-state index is 12.4. The van der Waals surface area contributed by atoms with Crippen LogP contribution in [0.4, 0.5) is 0 Å². The second kappa shape index (κ2) is 9.97. The van der Waals surface area contributed by atoms with E-state index in [-0.39, 0.29) is 11.7 Å². The van der Waals surface area contributed by atoms with Gasteiger partial charge in [-0.15, -0.1) is 0 Å². The Kier molecular flexibility index (Phi) is 7.66. The van der Waals surface area contributed by atoms with Crippen LogP contribution in [-0.4, -0.2) is 68.4 Å². The molecule has 1 heterocycles. The Morgan fingerprint density at radius 1 is 1.15 bits per heavy atom. The lowest BCUT2D eigenvalue weighted by Crippen LogP contribution is -2.46. The summed E-state index contributed by atoms with van der Waals surface area (Å²) in [6.45, 7) is 5.79. The Balaban J connectivity index is 2.00. The summed E-state index contributed by atoms with van der Waals surface area (Å²) in [5.74, 6) is 0.722. The molecule has 1 amide bonds. The molecule has 0 spiro atoms. The SMILES string of the molecule is CCCCOc1ccc(C(=O)C=CC(=O)N2CCN(C)CC2)c(OC)c1. The number of nitrogens with zero attached hydrogens (tertiary/aromatic N) is 2. The number of piperazine rings is 1. The molecule has 1 aromatic rings. The summed E-state index contributed by atoms with van der Waals surface area (Å²) >= 11 is 0. The van der Waals surface area contributed by atoms with Crippen LogP contribution in [-0.2, 0) is 4.79 Å². The molecule has 0 aliphatic carbocycles. The van der Waals surface area contributed by atoms with Crippen molar-refractivity contribution in [1.29, 1.82) is 0 Å². The van der Waals surface area contributed by atoms with Gasteiger partial charge in [0.15, 0.2) is 5.78 Å². The molecule has 1 saturated heterocycles. The topological polar surface area (TPSA) is 59.1 Å². The van der Waals surface area contributed by atoms with E-state index in [4.69, 9.17) is 9.47 Å². The van der Waals surface area contributed by atoms with Crippen LogP contribution in [0.5, 0.6) is 11.5 Å². The average Bonchev–Trinajstić information content (AvgIpc) is 2.66. The second-order valence-electron chi connectivity index (χ2n) is 6.39. The summed E-state index contributed by atoms with van der Waals surface area (Å²) in [5, 5.41) is 0. The number of unbranched alkanes of at least 4 members (excludes halogenated alkanes) is 1. The quantitative estimate of drug-likeness (QED) is 0.405. The molecule has 0 bridgehead atoms. The minimum atomic E-state index is -0.260. The van der Waals surface area contributed by atoms with Gasteiger partial charge >= 0.3 is 0 Å². The van der Waals surface area contributed by atoms with Crippen molar-refractivity contribution in [3.05, 3.63) is 35.9 Å². The zero-order valence-corrected chi connectivity index (χ0v) is 15.9. The van der Waals surface area contributed by atoms with E-state index in [2.05, 4.69) is 11.8 Å². The first-order chi connectivity index (χ1) is 12.5. The molecule has 0 unspecified atom stereocenters. The average molecular weight is 360 g/mol. The van der Waals surface area contributed by atoms with Crippen LogP contribution < -0.4 is 9.47 Å². The number of methoxy groups -OCH3 is 1. The summed E-state index contributed by atoms with van der Waals surface area (Å²) in [5.41, 5.74) is 0.415. The molecule has 0 N–H and O–H groups in total. The normalized spacial score (nSPS) is 15.3. The van der Waals surface area contributed by atoms with Gasteiger partial charge in [-0.05, 0) is 31.7 Å². The lowest BCUT2D eigenvalue weighted by molar-refractivity contribution is -0.127. The third-order valence-electron chi connectivity index (χ3n) is 4.40. The number of carbonyl (C=O) groups excluding carboxylic acids is 2. The molecule has 26 heavy (non-hydrogen) atoms. The number of ether oxygens (including phenoxy) is 2. The Bertz CT molecular complexity index is 649. The van der Waals surface area contributed by atoms with Crippen molar-refractivity contribution in [2.24, 2.45) is 0 Å². The molecule has 1 aliphatic rings. The van der Waals surface area contributed by atoms with E-state index in [1.165, 1.54) is 19.3 Å². The first-order valence-corrected chi connectivity index (χ1v) is 9.05. The number of hydrogen-bond acceptors (Lipinski definition) is 5. The molecular formula is C20H28N2O4. The van der Waals surface area contributed by atoms with Crippen LogP contribution in [0.1, 0.15) is 30.1 Å². The molecule has 6 nitrogen and oxygen atoms in total. The lowest BCUT2D eigenvalue weighted by Gasteiger charge is -2.31. The van der Waals surface area contributed by atoms with Gasteiger partial charge in [0.1, 0.15) is 11.5 Å². The maximum Gasteiger partial charge on any atom is 0.246 e. The molecule has 0 atom stereocenters. The minimum Gasteiger partial charge on any atom is -0.496 e. The first kappa shape index (κ1) is 20.0. The third kappa shape index (κ3) is 5.59. The van der Waals surface area contributed by atoms with Crippen LogP contribution in [0, 0.1) is 0 Å². The fraction of sp³-hybridized carbons (Fsp3) is 0.500. The number of allylic oxidation sites excluding steroid dienone is 1. The highest BCUT2D eigenvalue weighted by molar-refractivity contribution is 6.09. The highest BCUT2D eigenvalue weighted by atomic mass is 16.5. The molecular weight excluding hydrogens is 332 g/mol. The van der Waals surface area contributed by atoms with Crippen molar-refractivity contribution in [2.75, 3.05) is 46.9 Å². The lowest BCUT2D eigenvalue weighted by atomic mass is 10.1. The van der Waals surface area contributed by atoms with Crippen LogP contribution in [0.25, 0.3) is 0 Å². The maximum atomic E-state index is 12.4. The molecule has 142 valence electrons. The highest BCUT2D eigenvalue weighted by Crippen LogP contribution is 2.25. The smallest absolute Gasteiger partial charge is 0.246 e. The fourth-order valence-corrected chi connectivity index (χ4v) is 2.67. The van der Waals surface area contributed by atoms with Crippen LogP contribution >= 0.6 is 0 Å². The minimum absolute atomic E-state index is 0.134. The number of rotatable bonds is 8. The van der Waals surface area contributed by atoms with Crippen LogP contribution in [0.2, 0.25) is 0 Å². The number of carbonyl (C=O) groups is 2. The molecule has 1 aromatic carbocycles. The Morgan fingerprint density at radius 2 is 1.88 bits per heavy atom. The monoisotopic (exact) mass is 360 g/mol. The van der Waals surface area contributed by atoms with Gasteiger partial charge in [-0.2, -0.15) is 0 Å². The van der Waals surface area contributed by atoms with E-state index in [9.17, 15) is 9.59 Å². The predicted octanol–water partition coefficient (Wildman–Crippen LogP) is 2.39. The molecule has 0 saturated carbocycles. The number of amides is 1. The molecule has 1 aliphatic heterocycles. The summed E-state index contributed by atoms with van der Waals surface area (Å²) in [4.78, 5) is 28.6. The Labute approximate surface area is 155 Å². The molecule has 6 heteroatoms. The Morgan fingerprint density at radius 3 is 2.54 bits per heavy atom. The number of ketones is 1. The van der Waals surface area contributed by atoms with Gasteiger partial charge in [-0.1, -0.05) is 13.3 Å². The van der Waals surface area contributed by atoms with Crippen molar-refractivity contribution >= 4 is 11.7 Å². The third-order valence-corrected chi connectivity index (χ3v) is 4.40. The van der Waals surface area contributed by atoms with Crippen LogP contribution in [0.3, 0.4) is 0 Å². The molecule has 2 rings (SSSR count). The second-order valence-corrected chi connectivity index (χ2v) is 6.39. The predicted molar refractivity (Wildman–Crippen MR) is 101 cm³/mol. The summed E-state index contributed by atoms with van der Waals surface area (Å²) in [7, 11) is 3.55. The van der Waals surface area contributed by atoms with Crippen molar-refractivity contribution in [3.63, 3.8) is 0 Å². The van der Waals surface area contributed by atoms with E-state index in [0.717, 1.165) is 25.9 Å². The zero-order valence-electron chi connectivity index (χ0n) is 15.9. The van der Waals surface area contributed by atoms with Crippen molar-refractivity contribution < 1.29 is 19.1 Å². The van der Waals surface area contributed by atoms with Crippen molar-refractivity contribution in [1.82, 2.24) is 9.80 Å². The van der Waals surface area contributed by atoms with E-state index in [1.807, 2.05) is 7.05 Å². The van der Waals surface area contributed by atoms with Crippen molar-refractivity contribution in [3.8, 4) is 11.5 Å². The number of likely N-dealkylation sites (N-methyl/N-ethyl adjacent to an activating group) is 1. The molecule has 0 aromatic heterocycles. The summed E-state index contributed by atoms with van der Waals surface area (Å²) in [6, 6.07) is 5.13. The standard InChI is InChI=1S/C20H28N2O4/c1-4-5-14-26-16-6-7-17(19(15-16)25-3)18(23)8-9-20(24)22-12-10-21(2)11-13-22/h6-9,15H,4-5,10-14H2,1-3H3. The van der Waals surface area contributed by atoms with E-state index < -0.39 is 0 Å². The fourth-order valence-electron chi connectivity index (χ4n) is 2.67.